The van der Waals surface area contributed by atoms with Gasteiger partial charge in [0.1, 0.15) is 0 Å². The molecule has 2 aromatic rings. The zero-order chi connectivity index (χ0) is 23.8. The van der Waals surface area contributed by atoms with Crippen molar-refractivity contribution in [1.82, 2.24) is 14.7 Å². The molecule has 0 spiro atoms. The third kappa shape index (κ3) is 4.08. The van der Waals surface area contributed by atoms with E-state index in [-0.39, 0.29) is 24.6 Å². The summed E-state index contributed by atoms with van der Waals surface area (Å²) in [6, 6.07) is 16.2. The van der Waals surface area contributed by atoms with Gasteiger partial charge < -0.3 is 19.8 Å². The number of urea groups is 2. The zero-order valence-corrected chi connectivity index (χ0v) is 19.3. The van der Waals surface area contributed by atoms with Gasteiger partial charge in [0.05, 0.1) is 23.5 Å². The van der Waals surface area contributed by atoms with Crippen LogP contribution in [0.15, 0.2) is 60.7 Å². The van der Waals surface area contributed by atoms with Crippen molar-refractivity contribution in [3.05, 3.63) is 60.7 Å². The number of carbonyl (C=O) groups is 3. The van der Waals surface area contributed by atoms with E-state index >= 15 is 0 Å². The van der Waals surface area contributed by atoms with Crippen LogP contribution in [0, 0.1) is 5.92 Å². The van der Waals surface area contributed by atoms with Gasteiger partial charge in [0.15, 0.2) is 6.04 Å². The van der Waals surface area contributed by atoms with Crippen LogP contribution in [0.25, 0.3) is 0 Å². The van der Waals surface area contributed by atoms with Crippen LogP contribution in [0.1, 0.15) is 25.7 Å². The topological polar surface area (TPSA) is 84.4 Å². The Kier molecular flexibility index (Phi) is 5.89. The van der Waals surface area contributed by atoms with Gasteiger partial charge in [0.2, 0.25) is 0 Å². The van der Waals surface area contributed by atoms with Crippen molar-refractivity contribution in [2.75, 3.05) is 25.0 Å². The van der Waals surface area contributed by atoms with Gasteiger partial charge in [0.25, 0.3) is 0 Å². The monoisotopic (exact) mass is 462 g/mol. The maximum atomic E-state index is 14.0. The first kappa shape index (κ1) is 22.3. The molecule has 2 aliphatic heterocycles. The summed E-state index contributed by atoms with van der Waals surface area (Å²) in [7, 11) is 1.79. The van der Waals surface area contributed by atoms with Crippen LogP contribution < -0.4 is 4.90 Å². The number of carboxylic acids is 1. The van der Waals surface area contributed by atoms with Gasteiger partial charge in [-0.05, 0) is 55.9 Å². The molecule has 0 unspecified atom stereocenters. The molecule has 8 nitrogen and oxygen atoms in total. The summed E-state index contributed by atoms with van der Waals surface area (Å²) in [6.45, 7) is 0.899. The minimum atomic E-state index is -1.10. The summed E-state index contributed by atoms with van der Waals surface area (Å²) in [5.41, 5.74) is 1.33. The van der Waals surface area contributed by atoms with Gasteiger partial charge in [-0.3, -0.25) is 4.90 Å². The maximum Gasteiger partial charge on any atom is 0.329 e. The van der Waals surface area contributed by atoms with Gasteiger partial charge in [-0.25, -0.2) is 14.4 Å². The lowest BCUT2D eigenvalue weighted by atomic mass is 10.0. The Morgan fingerprint density at radius 1 is 0.882 bits per heavy atom. The molecule has 178 valence electrons. The van der Waals surface area contributed by atoms with Gasteiger partial charge in [0, 0.05) is 20.1 Å². The number of piperazine rings is 1. The Morgan fingerprint density at radius 3 is 2.00 bits per heavy atom. The van der Waals surface area contributed by atoms with Gasteiger partial charge in [-0.15, -0.1) is 0 Å². The van der Waals surface area contributed by atoms with E-state index in [1.807, 2.05) is 60.7 Å². The Bertz CT molecular complexity index is 1020. The number of para-hydroxylation sites is 2. The molecular weight excluding hydrogens is 432 g/mol. The molecule has 34 heavy (non-hydrogen) atoms. The largest absolute Gasteiger partial charge is 0.480 e. The average Bonchev–Trinajstić information content (AvgIpc) is 3.61. The minimum absolute atomic E-state index is 0.124. The molecule has 2 aromatic carbocycles. The van der Waals surface area contributed by atoms with E-state index in [2.05, 4.69) is 0 Å². The molecule has 1 N–H and O–H groups in total. The van der Waals surface area contributed by atoms with Crippen LogP contribution in [0.4, 0.5) is 21.0 Å². The number of carbonyl (C=O) groups excluding carboxylic acids is 2. The van der Waals surface area contributed by atoms with E-state index in [1.165, 1.54) is 4.90 Å². The van der Waals surface area contributed by atoms with E-state index in [9.17, 15) is 19.5 Å². The number of amides is 4. The number of likely N-dealkylation sites (tertiary alicyclic amines) is 1. The molecule has 3 aliphatic rings. The van der Waals surface area contributed by atoms with Crippen LogP contribution in [-0.4, -0.2) is 76.1 Å². The number of carboxylic acid groups (broad SMARTS) is 1. The molecule has 0 aromatic heterocycles. The lowest BCUT2D eigenvalue weighted by Gasteiger charge is -2.47. The second-order valence-electron chi connectivity index (χ2n) is 9.54. The molecule has 1 saturated carbocycles. The number of anilines is 2. The quantitative estimate of drug-likeness (QED) is 0.728. The van der Waals surface area contributed by atoms with Crippen molar-refractivity contribution in [2.45, 2.75) is 43.8 Å². The van der Waals surface area contributed by atoms with Gasteiger partial charge in [-0.1, -0.05) is 36.4 Å². The summed E-state index contributed by atoms with van der Waals surface area (Å²) < 4.78 is 0. The molecule has 0 radical (unpaired) electrons. The van der Waals surface area contributed by atoms with E-state index in [4.69, 9.17) is 0 Å². The van der Waals surface area contributed by atoms with Crippen LogP contribution in [0.2, 0.25) is 0 Å². The van der Waals surface area contributed by atoms with Crippen molar-refractivity contribution < 1.29 is 19.5 Å². The highest BCUT2D eigenvalue weighted by Crippen LogP contribution is 2.38. The van der Waals surface area contributed by atoms with Crippen LogP contribution in [0.5, 0.6) is 0 Å². The van der Waals surface area contributed by atoms with E-state index in [1.54, 1.807) is 21.7 Å². The molecule has 2 saturated heterocycles. The van der Waals surface area contributed by atoms with Crippen LogP contribution in [-0.2, 0) is 4.79 Å². The molecule has 3 fully saturated rings. The van der Waals surface area contributed by atoms with Gasteiger partial charge in [-0.2, -0.15) is 0 Å². The van der Waals surface area contributed by atoms with E-state index < -0.39 is 18.1 Å². The highest BCUT2D eigenvalue weighted by molar-refractivity contribution is 6.01. The number of nitrogens with zero attached hydrogens (tertiary/aromatic N) is 4. The van der Waals surface area contributed by atoms with Crippen molar-refractivity contribution in [3.63, 3.8) is 0 Å². The molecule has 2 heterocycles. The second kappa shape index (κ2) is 9.00. The SMILES string of the molecule is CN(CC1CC1)C(=O)N1[C@H]2CC[C@@H]1[C@@H](C(=O)O)N(C(=O)N(c1ccccc1)c1ccccc1)C2. The Labute approximate surface area is 199 Å². The summed E-state index contributed by atoms with van der Waals surface area (Å²) in [6.07, 6.45) is 3.54. The molecule has 5 rings (SSSR count). The van der Waals surface area contributed by atoms with Crippen LogP contribution in [0.3, 0.4) is 0 Å². The number of hydrogen-bond acceptors (Lipinski definition) is 3. The van der Waals surface area contributed by atoms with E-state index in [0.29, 0.717) is 36.7 Å². The predicted molar refractivity (Wildman–Crippen MR) is 128 cm³/mol. The normalized spacial score (nSPS) is 23.5. The van der Waals surface area contributed by atoms with Crippen molar-refractivity contribution >= 4 is 29.4 Å². The lowest BCUT2D eigenvalue weighted by Crippen LogP contribution is -2.67. The third-order valence-electron chi connectivity index (χ3n) is 7.15. The number of benzene rings is 2. The first-order chi connectivity index (χ1) is 16.5. The zero-order valence-electron chi connectivity index (χ0n) is 19.3. The Hall–Kier alpha value is -3.55. The Morgan fingerprint density at radius 2 is 1.47 bits per heavy atom. The Balaban J connectivity index is 1.45. The summed E-state index contributed by atoms with van der Waals surface area (Å²) in [5.74, 6) is -0.530. The standard InChI is InChI=1S/C26H30N4O4/c1-27(16-18-12-13-18)25(33)30-21-14-15-22(30)23(24(31)32)28(17-21)26(34)29(19-8-4-2-5-9-19)20-10-6-3-7-11-20/h2-11,18,21-23H,12-17H2,1H3,(H,31,32)/t21-,22+,23-/m0/s1. The average molecular weight is 463 g/mol. The van der Waals surface area contributed by atoms with Crippen molar-refractivity contribution in [1.29, 1.82) is 0 Å². The maximum absolute atomic E-state index is 14.0. The fourth-order valence-corrected chi connectivity index (χ4v) is 5.36. The highest BCUT2D eigenvalue weighted by Gasteiger charge is 2.54. The van der Waals surface area contributed by atoms with Crippen molar-refractivity contribution in [2.24, 2.45) is 5.92 Å². The second-order valence-corrected chi connectivity index (χ2v) is 9.54. The number of rotatable bonds is 5. The van der Waals surface area contributed by atoms with Crippen LogP contribution >= 0.6 is 0 Å². The number of fused-ring (bicyclic) bond motifs is 2. The number of aliphatic carboxylic acids is 1. The summed E-state index contributed by atoms with van der Waals surface area (Å²) >= 11 is 0. The smallest absolute Gasteiger partial charge is 0.329 e. The molecule has 3 atom stereocenters. The number of hydrogen-bond donors (Lipinski definition) is 1. The molecular formula is C26H30N4O4. The minimum Gasteiger partial charge on any atom is -0.480 e. The fraction of sp³-hybridized carbons (Fsp3) is 0.423. The molecule has 2 bridgehead atoms. The predicted octanol–water partition coefficient (Wildman–Crippen LogP) is 4.01. The first-order valence-electron chi connectivity index (χ1n) is 11.9. The van der Waals surface area contributed by atoms with E-state index in [0.717, 1.165) is 12.8 Å². The van der Waals surface area contributed by atoms with Gasteiger partial charge >= 0.3 is 18.0 Å². The molecule has 1 aliphatic carbocycles. The summed E-state index contributed by atoms with van der Waals surface area (Å²) in [5, 5.41) is 10.2. The summed E-state index contributed by atoms with van der Waals surface area (Å²) in [4.78, 5) is 46.2. The highest BCUT2D eigenvalue weighted by atomic mass is 16.4. The molecule has 4 amide bonds. The van der Waals surface area contributed by atoms with Crippen molar-refractivity contribution in [3.8, 4) is 0 Å². The fourth-order valence-electron chi connectivity index (χ4n) is 5.36. The first-order valence-corrected chi connectivity index (χ1v) is 11.9. The third-order valence-corrected chi connectivity index (χ3v) is 7.15. The lowest BCUT2D eigenvalue weighted by molar-refractivity contribution is -0.145. The molecule has 8 heteroatoms.